The maximum Gasteiger partial charge on any atom is 0.0697 e. The van der Waals surface area contributed by atoms with Crippen LogP contribution in [0.15, 0.2) is 0 Å². The van der Waals surface area contributed by atoms with Crippen LogP contribution in [0.25, 0.3) is 0 Å². The highest BCUT2D eigenvalue weighted by Crippen LogP contribution is 2.63. The van der Waals surface area contributed by atoms with E-state index in [2.05, 4.69) is 13.0 Å². The van der Waals surface area contributed by atoms with Crippen molar-refractivity contribution in [3.63, 3.8) is 0 Å². The molecule has 0 bridgehead atoms. The van der Waals surface area contributed by atoms with Crippen molar-refractivity contribution in [2.75, 3.05) is 13.2 Å². The lowest BCUT2D eigenvalue weighted by molar-refractivity contribution is -0.147. The molecule has 12 heavy (non-hydrogen) atoms. The molecule has 0 amide bonds. The van der Waals surface area contributed by atoms with Crippen molar-refractivity contribution in [3.05, 3.63) is 0 Å². The first-order valence-electron chi connectivity index (χ1n) is 4.78. The van der Waals surface area contributed by atoms with Crippen LogP contribution >= 0.6 is 0 Å². The van der Waals surface area contributed by atoms with Gasteiger partial charge in [0.25, 0.3) is 0 Å². The molecule has 2 aliphatic rings. The molecule has 2 nitrogen and oxygen atoms in total. The van der Waals surface area contributed by atoms with E-state index in [9.17, 15) is 0 Å². The topological polar surface area (TPSA) is 33.0 Å². The highest BCUT2D eigenvalue weighted by Gasteiger charge is 2.62. The first kappa shape index (κ1) is 8.07. The summed E-state index contributed by atoms with van der Waals surface area (Å²) in [6.07, 6.45) is 4.55. The average molecular weight is 165 g/mol. The van der Waals surface area contributed by atoms with Crippen molar-refractivity contribution in [2.45, 2.75) is 32.6 Å². The van der Waals surface area contributed by atoms with E-state index < -0.39 is 0 Å². The molecule has 66 valence electrons. The van der Waals surface area contributed by atoms with Gasteiger partial charge in [-0.2, -0.15) is 5.26 Å². The summed E-state index contributed by atoms with van der Waals surface area (Å²) in [5.41, 5.74) is 0.262. The van der Waals surface area contributed by atoms with Crippen molar-refractivity contribution in [1.82, 2.24) is 0 Å². The van der Waals surface area contributed by atoms with Crippen LogP contribution in [0, 0.1) is 22.2 Å². The Morgan fingerprint density at radius 1 is 1.42 bits per heavy atom. The average Bonchev–Trinajstić information content (AvgIpc) is 2.77. The van der Waals surface area contributed by atoms with Gasteiger partial charge >= 0.3 is 0 Å². The molecule has 0 aromatic carbocycles. The highest BCUT2D eigenvalue weighted by molar-refractivity contribution is 5.20. The monoisotopic (exact) mass is 165 g/mol. The van der Waals surface area contributed by atoms with Crippen LogP contribution in [-0.2, 0) is 4.74 Å². The molecule has 2 fully saturated rings. The van der Waals surface area contributed by atoms with Crippen molar-refractivity contribution >= 4 is 0 Å². The molecule has 1 heterocycles. The molecule has 0 N–H and O–H groups in total. The van der Waals surface area contributed by atoms with Crippen LogP contribution in [0.2, 0.25) is 0 Å². The quantitative estimate of drug-likeness (QED) is 0.641. The smallest absolute Gasteiger partial charge is 0.0697 e. The van der Waals surface area contributed by atoms with Gasteiger partial charge in [0.1, 0.15) is 0 Å². The molecule has 0 aromatic rings. The van der Waals surface area contributed by atoms with Gasteiger partial charge in [0.15, 0.2) is 0 Å². The number of nitriles is 1. The second kappa shape index (κ2) is 2.47. The molecule has 2 heteroatoms. The van der Waals surface area contributed by atoms with Crippen LogP contribution in [0.4, 0.5) is 0 Å². The number of ether oxygens (including phenoxy) is 1. The number of nitrogens with zero attached hydrogens (tertiary/aromatic N) is 1. The van der Waals surface area contributed by atoms with E-state index in [0.717, 1.165) is 26.1 Å². The SMILES string of the molecule is CCCC1(C2(C#N)CC2)COC1. The Hall–Kier alpha value is -0.550. The van der Waals surface area contributed by atoms with Gasteiger partial charge < -0.3 is 4.74 Å². The Balaban J connectivity index is 2.12. The molecular weight excluding hydrogens is 150 g/mol. The van der Waals surface area contributed by atoms with Crippen LogP contribution < -0.4 is 0 Å². The van der Waals surface area contributed by atoms with Gasteiger partial charge in [-0.15, -0.1) is 0 Å². The van der Waals surface area contributed by atoms with E-state index in [1.807, 2.05) is 0 Å². The second-order valence-corrected chi connectivity index (χ2v) is 4.22. The summed E-state index contributed by atoms with van der Waals surface area (Å²) >= 11 is 0. The third-order valence-electron chi connectivity index (χ3n) is 3.46. The Kier molecular flexibility index (Phi) is 1.66. The molecule has 1 saturated heterocycles. The molecule has 0 atom stereocenters. The maximum absolute atomic E-state index is 9.08. The van der Waals surface area contributed by atoms with Crippen LogP contribution in [0.3, 0.4) is 0 Å². The molecular formula is C10H15NO. The van der Waals surface area contributed by atoms with Crippen molar-refractivity contribution < 1.29 is 4.74 Å². The van der Waals surface area contributed by atoms with E-state index in [1.165, 1.54) is 12.8 Å². The van der Waals surface area contributed by atoms with Crippen molar-refractivity contribution in [1.29, 1.82) is 5.26 Å². The van der Waals surface area contributed by atoms with Crippen LogP contribution in [-0.4, -0.2) is 13.2 Å². The summed E-state index contributed by atoms with van der Waals surface area (Å²) < 4.78 is 5.27. The summed E-state index contributed by atoms with van der Waals surface area (Å²) in [6, 6.07) is 2.50. The van der Waals surface area contributed by atoms with E-state index in [1.54, 1.807) is 0 Å². The minimum atomic E-state index is 0.0151. The Morgan fingerprint density at radius 2 is 2.08 bits per heavy atom. The molecule has 2 rings (SSSR count). The van der Waals surface area contributed by atoms with E-state index >= 15 is 0 Å². The largest absolute Gasteiger partial charge is 0.380 e. The second-order valence-electron chi connectivity index (χ2n) is 4.22. The summed E-state index contributed by atoms with van der Waals surface area (Å²) in [5, 5.41) is 9.08. The van der Waals surface area contributed by atoms with Crippen LogP contribution in [0.5, 0.6) is 0 Å². The van der Waals surface area contributed by atoms with Gasteiger partial charge in [0.2, 0.25) is 0 Å². The number of hydrogen-bond donors (Lipinski definition) is 0. The first-order chi connectivity index (χ1) is 5.79. The molecule has 1 aliphatic carbocycles. The standard InChI is InChI=1S/C10H15NO/c1-2-3-10(7-12-8-10)9(6-11)4-5-9/h2-5,7-8H2,1H3. The van der Waals surface area contributed by atoms with Gasteiger partial charge in [-0.1, -0.05) is 13.3 Å². The predicted octanol–water partition coefficient (Wildman–Crippen LogP) is 2.11. The third kappa shape index (κ3) is 0.834. The number of rotatable bonds is 3. The lowest BCUT2D eigenvalue weighted by Crippen LogP contribution is -2.49. The van der Waals surface area contributed by atoms with Gasteiger partial charge in [0, 0.05) is 5.41 Å². The Bertz CT molecular complexity index is 220. The molecule has 0 aromatic heterocycles. The summed E-state index contributed by atoms with van der Waals surface area (Å²) in [4.78, 5) is 0. The van der Waals surface area contributed by atoms with E-state index in [0.29, 0.717) is 0 Å². The molecule has 1 aliphatic heterocycles. The molecule has 1 saturated carbocycles. The van der Waals surface area contributed by atoms with Gasteiger partial charge in [-0.25, -0.2) is 0 Å². The zero-order chi connectivity index (χ0) is 8.66. The van der Waals surface area contributed by atoms with Crippen LogP contribution in [0.1, 0.15) is 32.6 Å². The van der Waals surface area contributed by atoms with Gasteiger partial charge in [-0.05, 0) is 19.3 Å². The first-order valence-corrected chi connectivity index (χ1v) is 4.78. The minimum Gasteiger partial charge on any atom is -0.380 e. The van der Waals surface area contributed by atoms with E-state index in [-0.39, 0.29) is 10.8 Å². The Morgan fingerprint density at radius 3 is 2.33 bits per heavy atom. The maximum atomic E-state index is 9.08. The zero-order valence-corrected chi connectivity index (χ0v) is 7.60. The predicted molar refractivity (Wildman–Crippen MR) is 45.4 cm³/mol. The molecule has 0 unspecified atom stereocenters. The van der Waals surface area contributed by atoms with Gasteiger partial charge in [0.05, 0.1) is 24.7 Å². The van der Waals surface area contributed by atoms with Gasteiger partial charge in [-0.3, -0.25) is 0 Å². The highest BCUT2D eigenvalue weighted by atomic mass is 16.5. The lowest BCUT2D eigenvalue weighted by Gasteiger charge is -2.45. The third-order valence-corrected chi connectivity index (χ3v) is 3.46. The van der Waals surface area contributed by atoms with Crippen molar-refractivity contribution in [2.24, 2.45) is 10.8 Å². The molecule has 0 spiro atoms. The normalized spacial score (nSPS) is 28.7. The fraction of sp³-hybridized carbons (Fsp3) is 0.900. The zero-order valence-electron chi connectivity index (χ0n) is 7.60. The Labute approximate surface area is 73.5 Å². The summed E-state index contributed by atoms with van der Waals surface area (Å²) in [7, 11) is 0. The van der Waals surface area contributed by atoms with Crippen molar-refractivity contribution in [3.8, 4) is 6.07 Å². The molecule has 0 radical (unpaired) electrons. The fourth-order valence-corrected chi connectivity index (χ4v) is 2.37. The minimum absolute atomic E-state index is 0.0151. The fourth-order valence-electron chi connectivity index (χ4n) is 2.37. The number of hydrogen-bond acceptors (Lipinski definition) is 2. The summed E-state index contributed by atoms with van der Waals surface area (Å²) in [6.45, 7) is 3.84. The van der Waals surface area contributed by atoms with E-state index in [4.69, 9.17) is 10.00 Å². The lowest BCUT2D eigenvalue weighted by atomic mass is 9.68. The summed E-state index contributed by atoms with van der Waals surface area (Å²) in [5.74, 6) is 0.